The number of hydrogen-bond donors (Lipinski definition) is 6. The van der Waals surface area contributed by atoms with Crippen LogP contribution in [0, 0.1) is 0 Å². The summed E-state index contributed by atoms with van der Waals surface area (Å²) in [7, 11) is 0. The van der Waals surface area contributed by atoms with E-state index >= 15 is 0 Å². The maximum Gasteiger partial charge on any atom is 0.0786 e. The second-order valence-electron chi connectivity index (χ2n) is 8.36. The fourth-order valence-electron chi connectivity index (χ4n) is 0. The smallest absolute Gasteiger partial charge is 0.0786 e. The first kappa shape index (κ1) is 487. The van der Waals surface area contributed by atoms with Crippen LogP contribution in [-0.4, -0.2) is 52.7 Å². The van der Waals surface area contributed by atoms with Crippen LogP contribution in [0.2, 0.25) is 0 Å². The molecule has 0 unspecified atom stereocenters. The normalized spacial score (nSPS) is 3.72. The molecule has 0 aromatic heterocycles. The fraction of sp³-hybridized carbons (Fsp3) is 1.00. The van der Waals surface area contributed by atoms with Crippen molar-refractivity contribution in [1.82, 2.24) is 0 Å². The van der Waals surface area contributed by atoms with E-state index in [0.29, 0.717) is 36.3 Å². The van der Waals surface area contributed by atoms with E-state index in [2.05, 4.69) is 117 Å². The van der Waals surface area contributed by atoms with Gasteiger partial charge in [-0.05, 0) is 83.1 Å². The molecule has 40 heteroatoms. The molecular weight excluding hydrogens is 1400 g/mol. The van der Waals surface area contributed by atoms with Gasteiger partial charge < -0.3 is 182 Å². The summed E-state index contributed by atoms with van der Waals surface area (Å²) in [5, 5.41) is 0. The van der Waals surface area contributed by atoms with E-state index in [9.17, 15) is 0 Å². The van der Waals surface area contributed by atoms with Crippen molar-refractivity contribution in [3.05, 3.63) is 0 Å². The zero-order valence-electron chi connectivity index (χ0n) is 33.9. The third kappa shape index (κ3) is 16600. The molecule has 0 aliphatic heterocycles. The van der Waals surface area contributed by atoms with Crippen LogP contribution in [0.3, 0.4) is 0 Å². The van der Waals surface area contributed by atoms with Crippen LogP contribution in [0.5, 0.6) is 0 Å². The largest absolute Gasteiger partial charge is 2.00 e. The third-order valence-electron chi connectivity index (χ3n) is 0. The molecule has 0 spiro atoms. The summed E-state index contributed by atoms with van der Waals surface area (Å²) in [4.78, 5) is 0. The molecule has 0 aromatic carbocycles. The first-order valence-corrected chi connectivity index (χ1v) is 9.38. The van der Waals surface area contributed by atoms with Gasteiger partial charge in [-0.15, -0.1) is 0 Å². The molecule has 0 rings (SSSR count). The molecule has 0 atom stereocenters. The van der Waals surface area contributed by atoms with Gasteiger partial charge >= 0.3 is 0 Å². The molecule has 0 heterocycles. The van der Waals surface area contributed by atoms with E-state index in [1.54, 1.807) is 0 Å². The minimum atomic E-state index is 0. The van der Waals surface area contributed by atoms with Gasteiger partial charge in [0.25, 0.3) is 0 Å². The summed E-state index contributed by atoms with van der Waals surface area (Å²) in [6.45, 7) is 24.7. The van der Waals surface area contributed by atoms with E-state index in [1.807, 2.05) is 0 Å². The molecular formula is C18H66Mo7N6O27-42. The van der Waals surface area contributed by atoms with Crippen molar-refractivity contribution in [3.8, 4) is 0 Å². The fourth-order valence-corrected chi connectivity index (χ4v) is 0. The van der Waals surface area contributed by atoms with Crippen molar-refractivity contribution < 1.29 is 330 Å². The molecule has 0 aliphatic rings. The summed E-state index contributed by atoms with van der Waals surface area (Å²) in [6, 6.07) is 3.50. The number of rotatable bonds is 0. The van der Waals surface area contributed by atoms with Crippen molar-refractivity contribution in [2.75, 3.05) is 0 Å². The molecule has 0 aliphatic carbocycles. The molecule has 24 N–H and O–H groups in total. The SMILES string of the molecule is CC(C)[NH3+].CC(C)[NH3+].CC(C)[NH3+].CC(C)[NH3+].CC(C)[NH3+].CC(C)[NH3+].O.O.O.[Mo].[Mo].[Mo].[Mo].[Mo].[Mo].[Mo].[O-2].[O-2].[O-2].[O-2].[O-2].[O-2].[O-2].[O-2].[O-2].[O-2].[O-2].[O-2].[O-2].[O-2].[O-2].[O-2].[O-2].[O-2].[O-2].[O-2].[O-2].[O-2].[O-2].[O-2]. The van der Waals surface area contributed by atoms with Gasteiger partial charge in [-0.25, -0.2) is 0 Å². The molecule has 414 valence electrons. The van der Waals surface area contributed by atoms with Crippen LogP contribution in [0.4, 0.5) is 0 Å². The van der Waals surface area contributed by atoms with Gasteiger partial charge in [0.15, 0.2) is 0 Å². The van der Waals surface area contributed by atoms with E-state index in [1.165, 1.54) is 0 Å². The molecule has 0 saturated carbocycles. The van der Waals surface area contributed by atoms with Gasteiger partial charge in [0.2, 0.25) is 0 Å². The minimum absolute atomic E-state index is 0. The van der Waals surface area contributed by atoms with Crippen molar-refractivity contribution in [3.63, 3.8) is 0 Å². The van der Waals surface area contributed by atoms with Crippen LogP contribution in [0.15, 0.2) is 0 Å². The quantitative estimate of drug-likeness (QED) is 0.123. The van der Waals surface area contributed by atoms with Crippen LogP contribution < -0.4 is 34.4 Å². The van der Waals surface area contributed by atoms with Crippen LogP contribution in [-0.2, 0) is 279 Å². The molecule has 33 nitrogen and oxygen atoms in total. The van der Waals surface area contributed by atoms with Crippen molar-refractivity contribution in [2.45, 2.75) is 119 Å². The Morgan fingerprint density at radius 1 is 0.155 bits per heavy atom. The first-order chi connectivity index (χ1) is 10.4. The molecule has 0 radical (unpaired) electrons. The van der Waals surface area contributed by atoms with Crippen LogP contribution >= 0.6 is 0 Å². The Labute approximate surface area is 445 Å². The summed E-state index contributed by atoms with van der Waals surface area (Å²) >= 11 is 0. The zero-order valence-corrected chi connectivity index (χ0v) is 47.9. The summed E-state index contributed by atoms with van der Waals surface area (Å²) < 4.78 is 0. The maximum atomic E-state index is 3.64. The Kier molecular flexibility index (Phi) is 3890. The molecule has 58 heavy (non-hydrogen) atoms. The Bertz CT molecular complexity index is 176. The molecule has 0 amide bonds. The number of hydrogen-bond acceptors (Lipinski definition) is 0. The van der Waals surface area contributed by atoms with Gasteiger partial charge in [0.05, 0.1) is 36.3 Å². The second-order valence-corrected chi connectivity index (χ2v) is 8.36. The predicted molar refractivity (Wildman–Crippen MR) is 135 cm³/mol. The minimum Gasteiger partial charge on any atom is -2.00 e. The maximum absolute atomic E-state index is 3.64. The Hall–Kier alpha value is 3.50. The van der Waals surface area contributed by atoms with Crippen LogP contribution in [0.1, 0.15) is 83.1 Å². The molecule has 0 aromatic rings. The predicted octanol–water partition coefficient (Wildman–Crippen LogP) is -7.52. The zero-order chi connectivity index (χ0) is 21.5. The van der Waals surface area contributed by atoms with E-state index in [4.69, 9.17) is 0 Å². The second kappa shape index (κ2) is 463. The van der Waals surface area contributed by atoms with Gasteiger partial charge in [0, 0.05) is 147 Å². The Morgan fingerprint density at radius 2 is 0.155 bits per heavy atom. The number of quaternary nitrogens is 6. The van der Waals surface area contributed by atoms with Crippen molar-refractivity contribution in [1.29, 1.82) is 0 Å². The summed E-state index contributed by atoms with van der Waals surface area (Å²) in [5.74, 6) is 0. The summed E-state index contributed by atoms with van der Waals surface area (Å²) in [5.41, 5.74) is 21.8. The average molecular weight is 1470 g/mol. The molecule has 0 fully saturated rings. The molecule has 0 bridgehead atoms. The van der Waals surface area contributed by atoms with E-state index in [-0.39, 0.29) is 295 Å². The monoisotopic (exact) mass is 1480 g/mol. The van der Waals surface area contributed by atoms with Crippen molar-refractivity contribution >= 4 is 0 Å². The third-order valence-corrected chi connectivity index (χ3v) is 0. The Balaban J connectivity index is -0.00000000158. The van der Waals surface area contributed by atoms with E-state index in [0.717, 1.165) is 0 Å². The van der Waals surface area contributed by atoms with Gasteiger partial charge in [-0.2, -0.15) is 0 Å². The van der Waals surface area contributed by atoms with Gasteiger partial charge in [-0.1, -0.05) is 0 Å². The molecule has 0 saturated heterocycles. The Morgan fingerprint density at radius 3 is 0.155 bits per heavy atom. The van der Waals surface area contributed by atoms with Gasteiger partial charge in [-0.3, -0.25) is 0 Å². The van der Waals surface area contributed by atoms with Gasteiger partial charge in [0.1, 0.15) is 0 Å². The standard InChI is InChI=1S/6C3H9N.7Mo.3H2O.24O/c6*1-3(2)4;;;;;;;;;;;;;;;;;;;;;;;;;;;;;;;;;;/h6*3H,4H2,1-2H3;;;;;;;;3*1H2;;;;;;;;;;;;;;;;;;;;;;;;/q;;;;;;;;;;;;;;;;24*-2/p+6. The first-order valence-electron chi connectivity index (χ1n) is 9.38. The van der Waals surface area contributed by atoms with Crippen molar-refractivity contribution in [2.24, 2.45) is 0 Å². The van der Waals surface area contributed by atoms with E-state index < -0.39 is 0 Å². The summed E-state index contributed by atoms with van der Waals surface area (Å²) in [6.07, 6.45) is 0. The topological polar surface area (TPSA) is 944 Å². The average Bonchev–Trinajstić information content (AvgIpc) is 2.08. The van der Waals surface area contributed by atoms with Crippen LogP contribution in [0.25, 0.3) is 0 Å².